The van der Waals surface area contributed by atoms with Gasteiger partial charge in [0.15, 0.2) is 24.7 Å². The first-order chi connectivity index (χ1) is 34.8. The number of hydrogen-bond acceptors (Lipinski definition) is 26. The summed E-state index contributed by atoms with van der Waals surface area (Å²) in [5.74, 6) is -1.82. The van der Waals surface area contributed by atoms with Crippen molar-refractivity contribution < 1.29 is 114 Å². The molecule has 2 amide bonds. The molecule has 3 heterocycles. The third-order valence-corrected chi connectivity index (χ3v) is 12.6. The molecule has 0 aromatic heterocycles. The molecular formula is C45H81N5O23. The Hall–Kier alpha value is -2.89. The van der Waals surface area contributed by atoms with E-state index in [-0.39, 0.29) is 122 Å². The van der Waals surface area contributed by atoms with E-state index in [1.165, 1.54) is 6.92 Å². The molecule has 0 saturated carbocycles. The number of rotatable bonds is 36. The van der Waals surface area contributed by atoms with E-state index in [4.69, 9.17) is 34.2 Å². The maximum atomic E-state index is 13.4. The molecule has 0 aromatic carbocycles. The molecule has 3 fully saturated rings. The minimum absolute atomic E-state index is 0.0250. The smallest absolute Gasteiger partial charge is 0.234 e. The Kier molecular flexibility index (Phi) is 30.0. The zero-order valence-corrected chi connectivity index (χ0v) is 41.3. The molecule has 73 heavy (non-hydrogen) atoms. The van der Waals surface area contributed by atoms with Crippen molar-refractivity contribution in [3.8, 4) is 0 Å². The van der Waals surface area contributed by atoms with Crippen LogP contribution < -0.4 is 16.4 Å². The fourth-order valence-corrected chi connectivity index (χ4v) is 8.20. The number of unbranched alkanes of at least 4 members (excludes halogenated alkanes) is 1. The number of carbonyl (C=O) groups excluding carboxylic acids is 5. The topological polar surface area (TPSA) is 440 Å². The Balaban J connectivity index is 1.68. The number of Topliss-reactive ketones (excluding diaryl/α,β-unsaturated/α-hetero) is 3. The SMILES string of the molecule is CC(=O)[C@H](CCCCN)NC(=O)CCCN(CCN(CC(=O)CCCO[C@H]1O[C@H](CO)[C@@H](O)[C@H](O)[C@@H]1O)CC(=O)CCCO[C@H]1O[C@H](CO)[C@@H](O)[C@H](O)[C@@H]1O)CC(=O)NCCO[C@H]1O[C@H](CO)[C@@H](O)[C@H](O)[C@@H]1O. The van der Waals surface area contributed by atoms with Gasteiger partial charge in [0.1, 0.15) is 84.8 Å². The molecule has 0 radical (unpaired) electrons. The largest absolute Gasteiger partial charge is 0.394 e. The fourth-order valence-electron chi connectivity index (χ4n) is 8.20. The summed E-state index contributed by atoms with van der Waals surface area (Å²) in [6.07, 6.45) is -20.7. The number of carbonyl (C=O) groups is 5. The molecule has 0 aliphatic carbocycles. The van der Waals surface area contributed by atoms with E-state index in [0.717, 1.165) is 0 Å². The molecule has 3 saturated heterocycles. The second-order valence-corrected chi connectivity index (χ2v) is 18.4. The quantitative estimate of drug-likeness (QED) is 0.0259. The van der Waals surface area contributed by atoms with Crippen LogP contribution >= 0.6 is 0 Å². The maximum absolute atomic E-state index is 13.4. The van der Waals surface area contributed by atoms with Gasteiger partial charge in [-0.1, -0.05) is 0 Å². The third kappa shape index (κ3) is 21.6. The number of nitrogens with zero attached hydrogens (tertiary/aromatic N) is 2. The first-order valence-electron chi connectivity index (χ1n) is 24.8. The number of aliphatic hydroxyl groups excluding tert-OH is 12. The molecule has 424 valence electrons. The summed E-state index contributed by atoms with van der Waals surface area (Å²) in [6, 6.07) is -0.701. The Morgan fingerprint density at radius 3 is 1.38 bits per heavy atom. The minimum Gasteiger partial charge on any atom is -0.394 e. The van der Waals surface area contributed by atoms with Crippen molar-refractivity contribution in [2.75, 3.05) is 92.0 Å². The highest BCUT2D eigenvalue weighted by Gasteiger charge is 2.46. The molecule has 0 aromatic rings. The lowest BCUT2D eigenvalue weighted by Gasteiger charge is -2.39. The normalized spacial score (nSPS) is 31.1. The van der Waals surface area contributed by atoms with Crippen LogP contribution in [0.5, 0.6) is 0 Å². The van der Waals surface area contributed by atoms with Crippen LogP contribution in [0.2, 0.25) is 0 Å². The van der Waals surface area contributed by atoms with Gasteiger partial charge >= 0.3 is 0 Å². The molecule has 3 rings (SSSR count). The number of nitrogens with one attached hydrogen (secondary N) is 2. The van der Waals surface area contributed by atoms with E-state index >= 15 is 0 Å². The van der Waals surface area contributed by atoms with Gasteiger partial charge < -0.3 is 106 Å². The molecule has 28 heteroatoms. The summed E-state index contributed by atoms with van der Waals surface area (Å²) >= 11 is 0. The second kappa shape index (κ2) is 34.0. The fraction of sp³-hybridized carbons (Fsp3) is 0.889. The van der Waals surface area contributed by atoms with E-state index in [1.54, 1.807) is 9.80 Å². The summed E-state index contributed by atoms with van der Waals surface area (Å²) in [4.78, 5) is 68.6. The lowest BCUT2D eigenvalue weighted by Crippen LogP contribution is -2.59. The zero-order chi connectivity index (χ0) is 54.2. The van der Waals surface area contributed by atoms with E-state index in [9.17, 15) is 85.3 Å². The van der Waals surface area contributed by atoms with Crippen LogP contribution in [0.4, 0.5) is 0 Å². The van der Waals surface area contributed by atoms with Gasteiger partial charge in [-0.25, -0.2) is 0 Å². The van der Waals surface area contributed by atoms with Gasteiger partial charge in [0.25, 0.3) is 0 Å². The van der Waals surface area contributed by atoms with Gasteiger partial charge in [-0.3, -0.25) is 33.8 Å². The highest BCUT2D eigenvalue weighted by atomic mass is 16.7. The molecule has 3 aliphatic rings. The van der Waals surface area contributed by atoms with Gasteiger partial charge in [0, 0.05) is 38.9 Å². The minimum atomic E-state index is -1.67. The molecule has 0 unspecified atom stereocenters. The van der Waals surface area contributed by atoms with Gasteiger partial charge in [-0.05, 0) is 58.5 Å². The maximum Gasteiger partial charge on any atom is 0.234 e. The van der Waals surface area contributed by atoms with Crippen LogP contribution in [0.25, 0.3) is 0 Å². The first kappa shape index (κ1) is 64.4. The van der Waals surface area contributed by atoms with Crippen LogP contribution in [0, 0.1) is 0 Å². The van der Waals surface area contributed by atoms with E-state index in [2.05, 4.69) is 10.6 Å². The predicted octanol–water partition coefficient (Wildman–Crippen LogP) is -8.16. The molecule has 16 atom stereocenters. The number of ketones is 3. The van der Waals surface area contributed by atoms with Gasteiger partial charge in [-0.2, -0.15) is 0 Å². The molecule has 0 bridgehead atoms. The first-order valence-corrected chi connectivity index (χ1v) is 24.8. The summed E-state index contributed by atoms with van der Waals surface area (Å²) in [7, 11) is 0. The average molecular weight is 1060 g/mol. The van der Waals surface area contributed by atoms with Crippen molar-refractivity contribution in [3.63, 3.8) is 0 Å². The number of amides is 2. The van der Waals surface area contributed by atoms with Gasteiger partial charge in [0.05, 0.1) is 65.3 Å². The van der Waals surface area contributed by atoms with Crippen molar-refractivity contribution in [2.24, 2.45) is 5.73 Å². The van der Waals surface area contributed by atoms with Crippen molar-refractivity contribution >= 4 is 29.2 Å². The molecular weight excluding hydrogens is 979 g/mol. The molecule has 3 aliphatic heterocycles. The number of aliphatic hydroxyl groups is 12. The average Bonchev–Trinajstić information content (AvgIpc) is 3.36. The Labute approximate surface area is 423 Å². The molecule has 0 spiro atoms. The second-order valence-electron chi connectivity index (χ2n) is 18.4. The third-order valence-electron chi connectivity index (χ3n) is 12.6. The summed E-state index contributed by atoms with van der Waals surface area (Å²) in [5.41, 5.74) is 5.58. The molecule has 16 N–H and O–H groups in total. The number of ether oxygens (including phenoxy) is 6. The van der Waals surface area contributed by atoms with E-state index in [0.29, 0.717) is 25.8 Å². The molecule has 28 nitrogen and oxygen atoms in total. The Bertz CT molecular complexity index is 1580. The number of nitrogens with two attached hydrogens (primary N) is 1. The van der Waals surface area contributed by atoms with Crippen LogP contribution in [-0.2, 0) is 52.4 Å². The summed E-state index contributed by atoms with van der Waals surface area (Å²) in [6.45, 7) is -1.34. The Morgan fingerprint density at radius 1 is 0.521 bits per heavy atom. The van der Waals surface area contributed by atoms with E-state index < -0.39 is 130 Å². The van der Waals surface area contributed by atoms with Crippen molar-refractivity contribution in [3.05, 3.63) is 0 Å². The van der Waals surface area contributed by atoms with Crippen molar-refractivity contribution in [2.45, 2.75) is 163 Å². The van der Waals surface area contributed by atoms with E-state index in [1.807, 2.05) is 0 Å². The van der Waals surface area contributed by atoms with Crippen LogP contribution in [0.3, 0.4) is 0 Å². The lowest BCUT2D eigenvalue weighted by atomic mass is 9.99. The van der Waals surface area contributed by atoms with Gasteiger partial charge in [0.2, 0.25) is 11.8 Å². The van der Waals surface area contributed by atoms with Crippen LogP contribution in [0.15, 0.2) is 0 Å². The highest BCUT2D eigenvalue weighted by molar-refractivity contribution is 5.87. The predicted molar refractivity (Wildman–Crippen MR) is 248 cm³/mol. The van der Waals surface area contributed by atoms with Crippen LogP contribution in [0.1, 0.15) is 64.7 Å². The van der Waals surface area contributed by atoms with Crippen molar-refractivity contribution in [1.82, 2.24) is 20.4 Å². The monoisotopic (exact) mass is 1060 g/mol. The van der Waals surface area contributed by atoms with Crippen LogP contribution in [-0.4, -0.2) is 290 Å². The summed E-state index contributed by atoms with van der Waals surface area (Å²) < 4.78 is 32.5. The van der Waals surface area contributed by atoms with Crippen molar-refractivity contribution in [1.29, 1.82) is 0 Å². The lowest BCUT2D eigenvalue weighted by molar-refractivity contribution is -0.301. The standard InChI is InChI=1S/C45H81N5O23/c1-25(54)28(9-2-3-11-46)48-32(57)10-4-13-49(21-33(58)47-12-18-70-45-42(67)39(64)36(61)31(24-53)73-45)14-15-50(19-26(55)7-5-16-68-43-40(65)37(62)34(59)29(22-51)71-43)20-27(56)8-6-17-69-44-41(66)38(63)35(60)30(23-52)72-44/h28-31,34-45,51-53,59-67H,2-24,46H2,1H3,(H,47,58)(H,48,57)/t28-,29+,30+,31+,34+,35+,36+,37-,38-,39-,40-,41-,42-,43-,44-,45-/m0/s1. The zero-order valence-electron chi connectivity index (χ0n) is 41.3. The highest BCUT2D eigenvalue weighted by Crippen LogP contribution is 2.24. The number of hydrogen-bond donors (Lipinski definition) is 15. The Morgan fingerprint density at radius 2 is 0.959 bits per heavy atom. The van der Waals surface area contributed by atoms with Gasteiger partial charge in [-0.15, -0.1) is 0 Å². The summed E-state index contributed by atoms with van der Waals surface area (Å²) in [5, 5.41) is 125.